The largest absolute Gasteiger partial charge is 0.452 e. The number of aromatic nitrogens is 1. The van der Waals surface area contributed by atoms with E-state index in [-0.39, 0.29) is 17.9 Å². The number of nitrogens with one attached hydrogen (secondary N) is 1. The van der Waals surface area contributed by atoms with Crippen LogP contribution in [0.15, 0.2) is 48.5 Å². The normalized spacial score (nSPS) is 11.3. The van der Waals surface area contributed by atoms with Crippen molar-refractivity contribution < 1.29 is 14.3 Å². The molecular weight excluding hydrogens is 364 g/mol. The Morgan fingerprint density at radius 3 is 2.48 bits per heavy atom. The lowest BCUT2D eigenvalue weighted by molar-refractivity contribution is -0.119. The van der Waals surface area contributed by atoms with Crippen LogP contribution in [0.1, 0.15) is 48.0 Å². The highest BCUT2D eigenvalue weighted by Crippen LogP contribution is 2.29. The molecule has 0 spiro atoms. The van der Waals surface area contributed by atoms with E-state index in [4.69, 9.17) is 4.74 Å². The third-order valence-corrected chi connectivity index (χ3v) is 4.66. The number of rotatable bonds is 4. The topological polar surface area (TPSA) is 68.3 Å². The van der Waals surface area contributed by atoms with Gasteiger partial charge in [-0.05, 0) is 49.1 Å². The van der Waals surface area contributed by atoms with Gasteiger partial charge in [0.25, 0.3) is 5.91 Å². The fraction of sp³-hybridized carbons (Fsp3) is 0.292. The van der Waals surface area contributed by atoms with Crippen molar-refractivity contribution in [3.63, 3.8) is 0 Å². The van der Waals surface area contributed by atoms with Crippen LogP contribution >= 0.6 is 0 Å². The van der Waals surface area contributed by atoms with Gasteiger partial charge in [0, 0.05) is 16.8 Å². The zero-order valence-electron chi connectivity index (χ0n) is 17.5. The molecule has 29 heavy (non-hydrogen) atoms. The molecule has 0 aliphatic rings. The van der Waals surface area contributed by atoms with Gasteiger partial charge >= 0.3 is 5.97 Å². The molecule has 0 bridgehead atoms. The molecule has 0 fully saturated rings. The number of pyridine rings is 1. The van der Waals surface area contributed by atoms with E-state index in [1.807, 2.05) is 56.3 Å². The summed E-state index contributed by atoms with van der Waals surface area (Å²) in [6.07, 6.45) is 0. The lowest BCUT2D eigenvalue weighted by atomic mass is 9.86. The summed E-state index contributed by atoms with van der Waals surface area (Å²) >= 11 is 0. The highest BCUT2D eigenvalue weighted by Gasteiger charge is 2.20. The molecule has 0 saturated carbocycles. The van der Waals surface area contributed by atoms with Crippen LogP contribution in [-0.4, -0.2) is 23.5 Å². The summed E-state index contributed by atoms with van der Waals surface area (Å²) in [5, 5.41) is 3.57. The first-order valence-electron chi connectivity index (χ1n) is 9.59. The average Bonchev–Trinajstić information content (AvgIpc) is 2.65. The summed E-state index contributed by atoms with van der Waals surface area (Å²) in [7, 11) is 0. The van der Waals surface area contributed by atoms with Crippen molar-refractivity contribution in [1.29, 1.82) is 0 Å². The van der Waals surface area contributed by atoms with Crippen molar-refractivity contribution in [2.24, 2.45) is 0 Å². The maximum atomic E-state index is 12.7. The number of hydrogen-bond donors (Lipinski definition) is 1. The van der Waals surface area contributed by atoms with Crippen molar-refractivity contribution >= 4 is 28.5 Å². The zero-order chi connectivity index (χ0) is 21.2. The van der Waals surface area contributed by atoms with Crippen LogP contribution in [0.5, 0.6) is 0 Å². The molecule has 5 heteroatoms. The standard InChI is InChI=1S/C24H26N2O3/c1-15-10-11-20-17(12-15)18(13-16(2)25-20)23(28)29-14-22(27)26-21-9-7-6-8-19(21)24(3,4)5/h6-13H,14H2,1-5H3,(H,26,27). The molecule has 0 radical (unpaired) electrons. The average molecular weight is 390 g/mol. The summed E-state index contributed by atoms with van der Waals surface area (Å²) in [6.45, 7) is 9.66. The second-order valence-corrected chi connectivity index (χ2v) is 8.25. The number of esters is 1. The number of ether oxygens (including phenoxy) is 1. The summed E-state index contributed by atoms with van der Waals surface area (Å²) < 4.78 is 5.31. The number of anilines is 1. The Labute approximate surface area is 171 Å². The molecule has 2 aromatic carbocycles. The van der Waals surface area contributed by atoms with Crippen LogP contribution in [0, 0.1) is 13.8 Å². The van der Waals surface area contributed by atoms with Gasteiger partial charge in [0.05, 0.1) is 11.1 Å². The van der Waals surface area contributed by atoms with Crippen LogP contribution in [0.3, 0.4) is 0 Å². The fourth-order valence-corrected chi connectivity index (χ4v) is 3.28. The third kappa shape index (κ3) is 4.80. The number of para-hydroxylation sites is 1. The summed E-state index contributed by atoms with van der Waals surface area (Å²) in [5.41, 5.74) is 4.51. The van der Waals surface area contributed by atoms with E-state index in [2.05, 4.69) is 31.1 Å². The minimum atomic E-state index is -0.537. The maximum Gasteiger partial charge on any atom is 0.339 e. The van der Waals surface area contributed by atoms with Gasteiger partial charge in [-0.25, -0.2) is 4.79 Å². The van der Waals surface area contributed by atoms with Gasteiger partial charge in [0.1, 0.15) is 0 Å². The molecule has 3 rings (SSSR count). The lowest BCUT2D eigenvalue weighted by Crippen LogP contribution is -2.23. The molecule has 0 unspecified atom stereocenters. The first kappa shape index (κ1) is 20.5. The minimum absolute atomic E-state index is 0.119. The van der Waals surface area contributed by atoms with Gasteiger partial charge in [-0.2, -0.15) is 0 Å². The molecule has 1 aromatic heterocycles. The van der Waals surface area contributed by atoms with Crippen molar-refractivity contribution in [3.8, 4) is 0 Å². The molecule has 1 amide bonds. The Morgan fingerprint density at radius 2 is 1.76 bits per heavy atom. The van der Waals surface area contributed by atoms with E-state index in [1.165, 1.54) is 0 Å². The molecule has 3 aromatic rings. The Balaban J connectivity index is 1.75. The van der Waals surface area contributed by atoms with E-state index in [1.54, 1.807) is 6.07 Å². The molecule has 150 valence electrons. The first-order chi connectivity index (χ1) is 13.6. The summed E-state index contributed by atoms with van der Waals surface area (Å²) in [4.78, 5) is 29.5. The molecule has 1 heterocycles. The van der Waals surface area contributed by atoms with Gasteiger partial charge in [-0.1, -0.05) is 50.6 Å². The number of nitrogens with zero attached hydrogens (tertiary/aromatic N) is 1. The monoisotopic (exact) mass is 390 g/mol. The zero-order valence-corrected chi connectivity index (χ0v) is 17.5. The number of hydrogen-bond acceptors (Lipinski definition) is 4. The van der Waals surface area contributed by atoms with Gasteiger partial charge in [-0.15, -0.1) is 0 Å². The van der Waals surface area contributed by atoms with Crippen LogP contribution in [-0.2, 0) is 14.9 Å². The lowest BCUT2D eigenvalue weighted by Gasteiger charge is -2.23. The van der Waals surface area contributed by atoms with Crippen molar-refractivity contribution in [1.82, 2.24) is 4.98 Å². The van der Waals surface area contributed by atoms with Crippen LogP contribution in [0.4, 0.5) is 5.69 Å². The van der Waals surface area contributed by atoms with Crippen LogP contribution < -0.4 is 5.32 Å². The highest BCUT2D eigenvalue weighted by molar-refractivity contribution is 6.04. The molecular formula is C24H26N2O3. The number of carbonyl (C=O) groups excluding carboxylic acids is 2. The Bertz CT molecular complexity index is 1080. The smallest absolute Gasteiger partial charge is 0.339 e. The number of aryl methyl sites for hydroxylation is 2. The van der Waals surface area contributed by atoms with Gasteiger partial charge in [0.2, 0.25) is 0 Å². The molecule has 0 saturated heterocycles. The Hall–Kier alpha value is -3.21. The summed E-state index contributed by atoms with van der Waals surface area (Å²) in [6, 6.07) is 15.1. The highest BCUT2D eigenvalue weighted by atomic mass is 16.5. The third-order valence-electron chi connectivity index (χ3n) is 4.66. The number of benzene rings is 2. The summed E-state index contributed by atoms with van der Waals surface area (Å²) in [5.74, 6) is -0.910. The van der Waals surface area contributed by atoms with E-state index < -0.39 is 5.97 Å². The Morgan fingerprint density at radius 1 is 1.03 bits per heavy atom. The molecule has 0 atom stereocenters. The van der Waals surface area contributed by atoms with Crippen LogP contribution in [0.2, 0.25) is 0 Å². The fourth-order valence-electron chi connectivity index (χ4n) is 3.28. The SMILES string of the molecule is Cc1ccc2nc(C)cc(C(=O)OCC(=O)Nc3ccccc3C(C)(C)C)c2c1. The van der Waals surface area contributed by atoms with E-state index >= 15 is 0 Å². The van der Waals surface area contributed by atoms with Gasteiger partial charge in [-0.3, -0.25) is 9.78 Å². The van der Waals surface area contributed by atoms with Crippen LogP contribution in [0.25, 0.3) is 10.9 Å². The van der Waals surface area contributed by atoms with Crippen molar-refractivity contribution in [2.45, 2.75) is 40.0 Å². The minimum Gasteiger partial charge on any atom is -0.452 e. The number of amides is 1. The van der Waals surface area contributed by atoms with Gasteiger partial charge in [0.15, 0.2) is 6.61 Å². The molecule has 5 nitrogen and oxygen atoms in total. The predicted octanol–water partition coefficient (Wildman–Crippen LogP) is 4.94. The first-order valence-corrected chi connectivity index (χ1v) is 9.59. The van der Waals surface area contributed by atoms with E-state index in [9.17, 15) is 9.59 Å². The quantitative estimate of drug-likeness (QED) is 0.641. The number of fused-ring (bicyclic) bond motifs is 1. The maximum absolute atomic E-state index is 12.7. The van der Waals surface area contributed by atoms with E-state index in [0.717, 1.165) is 33.4 Å². The second-order valence-electron chi connectivity index (χ2n) is 8.25. The molecule has 0 aliphatic carbocycles. The Kier molecular flexibility index (Phi) is 5.69. The predicted molar refractivity (Wildman–Crippen MR) is 115 cm³/mol. The van der Waals surface area contributed by atoms with Gasteiger partial charge < -0.3 is 10.1 Å². The van der Waals surface area contributed by atoms with Crippen molar-refractivity contribution in [2.75, 3.05) is 11.9 Å². The molecule has 1 N–H and O–H groups in total. The second kappa shape index (κ2) is 8.03. The molecule has 0 aliphatic heterocycles. The van der Waals surface area contributed by atoms with Crippen molar-refractivity contribution in [3.05, 3.63) is 70.9 Å². The number of carbonyl (C=O) groups is 2. The van der Waals surface area contributed by atoms with E-state index in [0.29, 0.717) is 5.56 Å².